The van der Waals surface area contributed by atoms with Crippen LogP contribution in [0.2, 0.25) is 0 Å². The van der Waals surface area contributed by atoms with Crippen LogP contribution in [0.4, 0.5) is 5.69 Å². The van der Waals surface area contributed by atoms with E-state index in [1.807, 2.05) is 13.8 Å². The van der Waals surface area contributed by atoms with Crippen LogP contribution < -0.4 is 10.2 Å². The average Bonchev–Trinajstić information content (AvgIpc) is 3.09. The van der Waals surface area contributed by atoms with Crippen LogP contribution in [0, 0.1) is 0 Å². The number of ether oxygens (including phenoxy) is 1. The number of carbonyl (C=O) groups is 1. The maximum Gasteiger partial charge on any atom is 0.279 e. The molecule has 1 aromatic rings. The van der Waals surface area contributed by atoms with Crippen LogP contribution in [0.3, 0.4) is 0 Å². The summed E-state index contributed by atoms with van der Waals surface area (Å²) in [5.41, 5.74) is 0.615. The Bertz CT molecular complexity index is 719. The molecule has 0 saturated carbocycles. The number of hydrogen-bond donors (Lipinski definition) is 2. The molecule has 1 aromatic carbocycles. The van der Waals surface area contributed by atoms with E-state index in [1.54, 1.807) is 24.3 Å². The van der Waals surface area contributed by atoms with Crippen molar-refractivity contribution in [3.8, 4) is 0 Å². The third-order valence-electron chi connectivity index (χ3n) is 4.87. The lowest BCUT2D eigenvalue weighted by Gasteiger charge is -2.31. The van der Waals surface area contributed by atoms with Gasteiger partial charge in [0.25, 0.3) is 5.91 Å². The number of nitrogens with one attached hydrogen (secondary N) is 2. The largest absolute Gasteiger partial charge is 0.364 e. The number of quaternary nitrogens is 1. The van der Waals surface area contributed by atoms with Crippen molar-refractivity contribution >= 4 is 21.6 Å². The summed E-state index contributed by atoms with van der Waals surface area (Å²) in [6.07, 6.45) is 2.12. The van der Waals surface area contributed by atoms with Gasteiger partial charge in [-0.2, -0.15) is 4.31 Å². The van der Waals surface area contributed by atoms with Crippen molar-refractivity contribution in [3.05, 3.63) is 24.3 Å². The molecule has 2 N–H and O–H groups in total. The summed E-state index contributed by atoms with van der Waals surface area (Å²) < 4.78 is 32.2. The summed E-state index contributed by atoms with van der Waals surface area (Å²) in [7, 11) is -3.42. The number of rotatable bonds is 5. The molecule has 1 amide bonds. The first kappa shape index (κ1) is 19.3. The van der Waals surface area contributed by atoms with E-state index in [9.17, 15) is 13.2 Å². The fourth-order valence-corrected chi connectivity index (χ4v) is 5.27. The van der Waals surface area contributed by atoms with Crippen molar-refractivity contribution < 1.29 is 22.8 Å². The Kier molecular flexibility index (Phi) is 5.96. The zero-order valence-corrected chi connectivity index (χ0v) is 16.2. The maximum absolute atomic E-state index is 12.5. The number of nitrogens with zero attached hydrogens (tertiary/aromatic N) is 1. The third kappa shape index (κ3) is 4.62. The van der Waals surface area contributed by atoms with Gasteiger partial charge < -0.3 is 15.0 Å². The fourth-order valence-electron chi connectivity index (χ4n) is 3.75. The number of benzene rings is 1. The van der Waals surface area contributed by atoms with Gasteiger partial charge in [0.15, 0.2) is 6.54 Å². The molecule has 0 unspecified atom stereocenters. The van der Waals surface area contributed by atoms with Crippen molar-refractivity contribution in [2.45, 2.75) is 43.8 Å². The van der Waals surface area contributed by atoms with E-state index in [0.717, 1.165) is 25.9 Å². The molecule has 0 radical (unpaired) electrons. The zero-order valence-electron chi connectivity index (χ0n) is 15.4. The van der Waals surface area contributed by atoms with Gasteiger partial charge in [0.2, 0.25) is 10.0 Å². The minimum atomic E-state index is -3.42. The molecule has 7 nitrogen and oxygen atoms in total. The molecule has 2 fully saturated rings. The molecule has 2 aliphatic rings. The first-order valence-corrected chi connectivity index (χ1v) is 10.7. The summed E-state index contributed by atoms with van der Waals surface area (Å²) in [5, 5.41) is 2.86. The van der Waals surface area contributed by atoms with Crippen molar-refractivity contribution in [2.24, 2.45) is 0 Å². The summed E-state index contributed by atoms with van der Waals surface area (Å²) >= 11 is 0. The maximum atomic E-state index is 12.5. The van der Waals surface area contributed by atoms with Crippen LogP contribution in [-0.2, 0) is 19.6 Å². The smallest absolute Gasteiger partial charge is 0.279 e. The molecule has 2 atom stereocenters. The zero-order chi connectivity index (χ0) is 18.7. The van der Waals surface area contributed by atoms with Crippen LogP contribution in [0.15, 0.2) is 29.2 Å². The van der Waals surface area contributed by atoms with Crippen molar-refractivity contribution in [2.75, 3.05) is 38.0 Å². The summed E-state index contributed by atoms with van der Waals surface area (Å²) in [4.78, 5) is 13.8. The second kappa shape index (κ2) is 8.04. The van der Waals surface area contributed by atoms with E-state index in [-0.39, 0.29) is 23.0 Å². The molecule has 2 heterocycles. The van der Waals surface area contributed by atoms with Crippen molar-refractivity contribution in [3.63, 3.8) is 0 Å². The van der Waals surface area contributed by atoms with Gasteiger partial charge in [-0.05, 0) is 51.0 Å². The summed E-state index contributed by atoms with van der Waals surface area (Å²) in [6, 6.07) is 6.44. The quantitative estimate of drug-likeness (QED) is 0.757. The van der Waals surface area contributed by atoms with Crippen LogP contribution in [0.25, 0.3) is 0 Å². The van der Waals surface area contributed by atoms with E-state index >= 15 is 0 Å². The van der Waals surface area contributed by atoms with Crippen LogP contribution >= 0.6 is 0 Å². The Balaban J connectivity index is 1.58. The Morgan fingerprint density at radius 1 is 1.15 bits per heavy atom. The molecule has 0 aliphatic carbocycles. The number of hydrogen-bond acceptors (Lipinski definition) is 4. The minimum absolute atomic E-state index is 0.0727. The van der Waals surface area contributed by atoms with Crippen LogP contribution in [-0.4, -0.2) is 63.6 Å². The highest BCUT2D eigenvalue weighted by Crippen LogP contribution is 2.22. The molecule has 0 bridgehead atoms. The molecule has 0 aromatic heterocycles. The second-order valence-electron chi connectivity index (χ2n) is 7.28. The van der Waals surface area contributed by atoms with Gasteiger partial charge in [0.05, 0.1) is 4.90 Å². The van der Waals surface area contributed by atoms with Gasteiger partial charge in [-0.1, -0.05) is 0 Å². The van der Waals surface area contributed by atoms with Gasteiger partial charge in [-0.3, -0.25) is 4.79 Å². The summed E-state index contributed by atoms with van der Waals surface area (Å²) in [6.45, 7) is 7.21. The highest BCUT2D eigenvalue weighted by atomic mass is 32.2. The van der Waals surface area contributed by atoms with Crippen molar-refractivity contribution in [1.29, 1.82) is 0 Å². The molecule has 144 valence electrons. The first-order valence-electron chi connectivity index (χ1n) is 9.23. The van der Waals surface area contributed by atoms with Gasteiger partial charge >= 0.3 is 0 Å². The predicted octanol–water partition coefficient (Wildman–Crippen LogP) is 0.102. The van der Waals surface area contributed by atoms with Crippen LogP contribution in [0.5, 0.6) is 0 Å². The number of morpholine rings is 1. The number of amides is 1. The fraction of sp³-hybridized carbons (Fsp3) is 0.611. The van der Waals surface area contributed by atoms with E-state index < -0.39 is 10.0 Å². The SMILES string of the molecule is C[C@H]1C[NH+](CC(=O)Nc2ccc(S(=O)(=O)N3CCCC3)cc2)C[C@H](C)O1. The molecule has 2 aliphatic heterocycles. The predicted molar refractivity (Wildman–Crippen MR) is 98.6 cm³/mol. The van der Waals surface area contributed by atoms with Gasteiger partial charge in [-0.15, -0.1) is 0 Å². The molecule has 3 rings (SSSR count). The lowest BCUT2D eigenvalue weighted by atomic mass is 10.2. The molecular weight excluding hydrogens is 354 g/mol. The third-order valence-corrected chi connectivity index (χ3v) is 6.78. The van der Waals surface area contributed by atoms with E-state index in [2.05, 4.69) is 5.32 Å². The Labute approximate surface area is 155 Å². The van der Waals surface area contributed by atoms with E-state index in [4.69, 9.17) is 4.74 Å². The standard InChI is InChI=1S/C18H27N3O4S/c1-14-11-20(12-15(2)25-14)13-18(22)19-16-5-7-17(8-6-16)26(23,24)21-9-3-4-10-21/h5-8,14-15H,3-4,9-13H2,1-2H3,(H,19,22)/p+1/t14-,15-/m0/s1. The lowest BCUT2D eigenvalue weighted by Crippen LogP contribution is -3.16. The van der Waals surface area contributed by atoms with Gasteiger partial charge in [-0.25, -0.2) is 8.42 Å². The van der Waals surface area contributed by atoms with E-state index in [0.29, 0.717) is 25.3 Å². The number of anilines is 1. The highest BCUT2D eigenvalue weighted by molar-refractivity contribution is 7.89. The van der Waals surface area contributed by atoms with Gasteiger partial charge in [0.1, 0.15) is 25.3 Å². The minimum Gasteiger partial charge on any atom is -0.364 e. The average molecular weight is 383 g/mol. The number of carbonyl (C=O) groups excluding carboxylic acids is 1. The Hall–Kier alpha value is -1.48. The van der Waals surface area contributed by atoms with Crippen LogP contribution in [0.1, 0.15) is 26.7 Å². The lowest BCUT2D eigenvalue weighted by molar-refractivity contribution is -0.907. The second-order valence-corrected chi connectivity index (χ2v) is 9.21. The highest BCUT2D eigenvalue weighted by Gasteiger charge is 2.28. The Morgan fingerprint density at radius 3 is 2.31 bits per heavy atom. The van der Waals surface area contributed by atoms with Crippen molar-refractivity contribution in [1.82, 2.24) is 4.31 Å². The molecular formula is C18H28N3O4S+. The normalized spacial score (nSPS) is 27.4. The Morgan fingerprint density at radius 2 is 1.73 bits per heavy atom. The molecule has 0 spiro atoms. The number of sulfonamides is 1. The summed E-state index contributed by atoms with van der Waals surface area (Å²) in [5.74, 6) is -0.0727. The first-order chi connectivity index (χ1) is 12.3. The van der Waals surface area contributed by atoms with Gasteiger partial charge in [0, 0.05) is 18.8 Å². The molecule has 8 heteroatoms. The monoisotopic (exact) mass is 382 g/mol. The molecule has 26 heavy (non-hydrogen) atoms. The van der Waals surface area contributed by atoms with E-state index in [1.165, 1.54) is 9.21 Å². The molecule has 2 saturated heterocycles. The topological polar surface area (TPSA) is 80.2 Å².